The van der Waals surface area contributed by atoms with Crippen molar-refractivity contribution in [3.8, 4) is 5.75 Å². The molecule has 0 aromatic heterocycles. The number of nitrogen functional groups attached to an aromatic ring is 1. The van der Waals surface area contributed by atoms with Gasteiger partial charge in [0.25, 0.3) is 0 Å². The second-order valence-corrected chi connectivity index (χ2v) is 6.24. The summed E-state index contributed by atoms with van der Waals surface area (Å²) in [6, 6.07) is 5.05. The van der Waals surface area contributed by atoms with Crippen LogP contribution in [0.4, 0.5) is 5.69 Å². The van der Waals surface area contributed by atoms with Gasteiger partial charge in [0.15, 0.2) is 9.84 Å². The number of ether oxygens (including phenoxy) is 1. The zero-order valence-electron chi connectivity index (χ0n) is 10.3. The smallest absolute Gasteiger partial charge is 0.154 e. The molecular formula is C12H19NO3S. The Morgan fingerprint density at radius 2 is 2.00 bits per heavy atom. The number of nitrogens with two attached hydrogens (primary N) is 1. The van der Waals surface area contributed by atoms with Crippen LogP contribution in [0.2, 0.25) is 0 Å². The minimum Gasteiger partial charge on any atom is -0.497 e. The summed E-state index contributed by atoms with van der Waals surface area (Å²) in [6.45, 7) is 1.97. The molecule has 1 aromatic carbocycles. The van der Waals surface area contributed by atoms with Crippen molar-refractivity contribution in [1.82, 2.24) is 0 Å². The lowest BCUT2D eigenvalue weighted by Crippen LogP contribution is -2.09. The molecule has 0 heterocycles. The maximum Gasteiger partial charge on any atom is 0.154 e. The lowest BCUT2D eigenvalue weighted by atomic mass is 10.2. The van der Waals surface area contributed by atoms with Gasteiger partial charge in [0.2, 0.25) is 0 Å². The minimum absolute atomic E-state index is 0.0222. The molecule has 5 heteroatoms. The fourth-order valence-corrected chi connectivity index (χ4v) is 3.12. The molecule has 0 amide bonds. The molecule has 0 fully saturated rings. The summed E-state index contributed by atoms with van der Waals surface area (Å²) in [5.41, 5.74) is 6.88. The Morgan fingerprint density at radius 3 is 2.59 bits per heavy atom. The third-order valence-corrected chi connectivity index (χ3v) is 4.10. The number of unbranched alkanes of at least 4 members (excludes halogenated alkanes) is 1. The third-order valence-electron chi connectivity index (χ3n) is 2.42. The van der Waals surface area contributed by atoms with Crippen LogP contribution in [0, 0.1) is 0 Å². The van der Waals surface area contributed by atoms with Crippen molar-refractivity contribution in [2.75, 3.05) is 18.6 Å². The number of anilines is 1. The van der Waals surface area contributed by atoms with Gasteiger partial charge in [0, 0.05) is 11.8 Å². The monoisotopic (exact) mass is 257 g/mol. The van der Waals surface area contributed by atoms with Gasteiger partial charge in [-0.1, -0.05) is 13.3 Å². The van der Waals surface area contributed by atoms with E-state index in [-0.39, 0.29) is 11.5 Å². The molecule has 4 nitrogen and oxygen atoms in total. The highest BCUT2D eigenvalue weighted by Crippen LogP contribution is 2.20. The van der Waals surface area contributed by atoms with Crippen molar-refractivity contribution in [2.45, 2.75) is 25.5 Å². The maximum atomic E-state index is 11.8. The van der Waals surface area contributed by atoms with Gasteiger partial charge in [-0.25, -0.2) is 8.42 Å². The van der Waals surface area contributed by atoms with Crippen molar-refractivity contribution in [3.63, 3.8) is 0 Å². The number of sulfone groups is 1. The van der Waals surface area contributed by atoms with E-state index in [1.54, 1.807) is 18.2 Å². The second-order valence-electron chi connectivity index (χ2n) is 4.06. The van der Waals surface area contributed by atoms with Gasteiger partial charge in [-0.15, -0.1) is 0 Å². The summed E-state index contributed by atoms with van der Waals surface area (Å²) in [5, 5.41) is 0. The van der Waals surface area contributed by atoms with Crippen molar-refractivity contribution in [2.24, 2.45) is 0 Å². The minimum atomic E-state index is -3.05. The Morgan fingerprint density at radius 1 is 1.29 bits per heavy atom. The first-order chi connectivity index (χ1) is 7.96. The Bertz CT molecular complexity index is 469. The van der Waals surface area contributed by atoms with E-state index in [9.17, 15) is 8.42 Å². The fraction of sp³-hybridized carbons (Fsp3) is 0.500. The van der Waals surface area contributed by atoms with Gasteiger partial charge in [-0.05, 0) is 24.1 Å². The summed E-state index contributed by atoms with van der Waals surface area (Å²) >= 11 is 0. The van der Waals surface area contributed by atoms with Gasteiger partial charge < -0.3 is 10.5 Å². The molecule has 0 aliphatic rings. The largest absolute Gasteiger partial charge is 0.497 e. The quantitative estimate of drug-likeness (QED) is 0.791. The predicted molar refractivity (Wildman–Crippen MR) is 69.8 cm³/mol. The van der Waals surface area contributed by atoms with Gasteiger partial charge in [0.05, 0.1) is 18.6 Å². The van der Waals surface area contributed by atoms with Crippen LogP contribution >= 0.6 is 0 Å². The summed E-state index contributed by atoms with van der Waals surface area (Å²) in [6.07, 6.45) is 1.57. The van der Waals surface area contributed by atoms with E-state index in [2.05, 4.69) is 0 Å². The SMILES string of the molecule is CCCCS(=O)(=O)Cc1cc(N)cc(OC)c1. The molecule has 0 unspecified atom stereocenters. The highest BCUT2D eigenvalue weighted by molar-refractivity contribution is 7.90. The van der Waals surface area contributed by atoms with Crippen LogP contribution in [0.25, 0.3) is 0 Å². The summed E-state index contributed by atoms with van der Waals surface area (Å²) in [4.78, 5) is 0. The first-order valence-electron chi connectivity index (χ1n) is 5.60. The molecule has 2 N–H and O–H groups in total. The number of benzene rings is 1. The van der Waals surface area contributed by atoms with Gasteiger partial charge in [0.1, 0.15) is 5.75 Å². The van der Waals surface area contributed by atoms with E-state index in [1.807, 2.05) is 6.92 Å². The van der Waals surface area contributed by atoms with Crippen molar-refractivity contribution in [3.05, 3.63) is 23.8 Å². The van der Waals surface area contributed by atoms with Crippen LogP contribution in [-0.2, 0) is 15.6 Å². The average Bonchev–Trinajstić information content (AvgIpc) is 2.25. The molecule has 17 heavy (non-hydrogen) atoms. The van der Waals surface area contributed by atoms with E-state index in [1.165, 1.54) is 7.11 Å². The van der Waals surface area contributed by atoms with E-state index in [0.29, 0.717) is 23.4 Å². The molecular weight excluding hydrogens is 238 g/mol. The average molecular weight is 257 g/mol. The molecule has 0 radical (unpaired) electrons. The second kappa shape index (κ2) is 5.91. The maximum absolute atomic E-state index is 11.8. The molecule has 1 aromatic rings. The highest BCUT2D eigenvalue weighted by atomic mass is 32.2. The topological polar surface area (TPSA) is 69.4 Å². The lowest BCUT2D eigenvalue weighted by Gasteiger charge is -2.07. The van der Waals surface area contributed by atoms with Gasteiger partial charge in [-0.3, -0.25) is 0 Å². The zero-order chi connectivity index (χ0) is 12.9. The van der Waals surface area contributed by atoms with Crippen LogP contribution in [0.5, 0.6) is 5.75 Å². The van der Waals surface area contributed by atoms with E-state index >= 15 is 0 Å². The van der Waals surface area contributed by atoms with Gasteiger partial charge in [-0.2, -0.15) is 0 Å². The molecule has 1 rings (SSSR count). The van der Waals surface area contributed by atoms with Gasteiger partial charge >= 0.3 is 0 Å². The Labute approximate surface area is 103 Å². The highest BCUT2D eigenvalue weighted by Gasteiger charge is 2.12. The number of methoxy groups -OCH3 is 1. The van der Waals surface area contributed by atoms with Crippen LogP contribution in [0.1, 0.15) is 25.3 Å². The lowest BCUT2D eigenvalue weighted by molar-refractivity contribution is 0.414. The van der Waals surface area contributed by atoms with Crippen molar-refractivity contribution >= 4 is 15.5 Å². The molecule has 0 aliphatic heterocycles. The summed E-state index contributed by atoms with van der Waals surface area (Å²) in [7, 11) is -1.52. The Kier molecular flexibility index (Phi) is 4.81. The first kappa shape index (κ1) is 13.8. The summed E-state index contributed by atoms with van der Waals surface area (Å²) < 4.78 is 28.6. The Hall–Kier alpha value is -1.23. The fourth-order valence-electron chi connectivity index (χ4n) is 1.58. The normalized spacial score (nSPS) is 11.4. The van der Waals surface area contributed by atoms with E-state index in [0.717, 1.165) is 6.42 Å². The molecule has 0 bridgehead atoms. The first-order valence-corrected chi connectivity index (χ1v) is 7.43. The van der Waals surface area contributed by atoms with E-state index in [4.69, 9.17) is 10.5 Å². The molecule has 0 aliphatic carbocycles. The predicted octanol–water partition coefficient (Wildman–Crippen LogP) is 1.99. The van der Waals surface area contributed by atoms with Crippen LogP contribution < -0.4 is 10.5 Å². The Balaban J connectivity index is 2.84. The molecule has 0 saturated carbocycles. The molecule has 0 atom stereocenters. The number of rotatable bonds is 6. The number of hydrogen-bond donors (Lipinski definition) is 1. The van der Waals surface area contributed by atoms with Crippen molar-refractivity contribution in [1.29, 1.82) is 0 Å². The van der Waals surface area contributed by atoms with Crippen LogP contribution in [-0.4, -0.2) is 21.3 Å². The standard InChI is InChI=1S/C12H19NO3S/c1-3-4-5-17(14,15)9-10-6-11(13)8-12(7-10)16-2/h6-8H,3-5,9,13H2,1-2H3. The van der Waals surface area contributed by atoms with Crippen LogP contribution in [0.15, 0.2) is 18.2 Å². The van der Waals surface area contributed by atoms with Crippen molar-refractivity contribution < 1.29 is 13.2 Å². The zero-order valence-corrected chi connectivity index (χ0v) is 11.1. The summed E-state index contributed by atoms with van der Waals surface area (Å²) in [5.74, 6) is 0.834. The van der Waals surface area contributed by atoms with E-state index < -0.39 is 9.84 Å². The molecule has 96 valence electrons. The number of hydrogen-bond acceptors (Lipinski definition) is 4. The van der Waals surface area contributed by atoms with Crippen LogP contribution in [0.3, 0.4) is 0 Å². The molecule has 0 spiro atoms. The molecule has 0 saturated heterocycles. The third kappa shape index (κ3) is 4.65.